The maximum Gasteiger partial charge on any atom is 0.198 e. The number of anilines is 1. The van der Waals surface area contributed by atoms with E-state index in [0.29, 0.717) is 37.8 Å². The van der Waals surface area contributed by atoms with E-state index in [2.05, 4.69) is 15.9 Å². The molecule has 0 aliphatic heterocycles. The number of carbonyl (C=O) groups excluding carboxylic acids is 1. The Morgan fingerprint density at radius 1 is 1.14 bits per heavy atom. The number of methoxy groups -OCH3 is 2. The molecule has 2 aromatic rings. The van der Waals surface area contributed by atoms with Crippen LogP contribution in [0.2, 0.25) is 5.02 Å². The van der Waals surface area contributed by atoms with Crippen molar-refractivity contribution in [2.75, 3.05) is 20.0 Å². The van der Waals surface area contributed by atoms with Gasteiger partial charge in [-0.3, -0.25) is 4.79 Å². The molecule has 4 nitrogen and oxygen atoms in total. The molecule has 2 N–H and O–H groups in total. The summed E-state index contributed by atoms with van der Waals surface area (Å²) in [6.45, 7) is 0. The molecule has 0 aromatic heterocycles. The van der Waals surface area contributed by atoms with Crippen LogP contribution >= 0.6 is 27.5 Å². The number of halogens is 2. The van der Waals surface area contributed by atoms with Crippen molar-refractivity contribution in [3.05, 3.63) is 51.0 Å². The molecule has 6 heteroatoms. The van der Waals surface area contributed by atoms with Crippen molar-refractivity contribution in [2.24, 2.45) is 0 Å². The zero-order chi connectivity index (χ0) is 15.6. The number of ether oxygens (including phenoxy) is 2. The number of rotatable bonds is 4. The van der Waals surface area contributed by atoms with E-state index in [4.69, 9.17) is 26.8 Å². The minimum absolute atomic E-state index is 0.271. The Labute approximate surface area is 135 Å². The Morgan fingerprint density at radius 2 is 1.86 bits per heavy atom. The average Bonchev–Trinajstić information content (AvgIpc) is 2.48. The van der Waals surface area contributed by atoms with Gasteiger partial charge in [-0.25, -0.2) is 0 Å². The molecular weight excluding hydrogens is 358 g/mol. The number of nitrogens with two attached hydrogens (primary N) is 1. The molecule has 0 radical (unpaired) electrons. The lowest BCUT2D eigenvalue weighted by molar-refractivity contribution is 0.103. The van der Waals surface area contributed by atoms with Crippen LogP contribution in [0.4, 0.5) is 5.69 Å². The van der Waals surface area contributed by atoms with Crippen molar-refractivity contribution in [1.29, 1.82) is 0 Å². The summed E-state index contributed by atoms with van der Waals surface area (Å²) in [6, 6.07) is 8.09. The van der Waals surface area contributed by atoms with Gasteiger partial charge in [0.05, 0.1) is 24.8 Å². The van der Waals surface area contributed by atoms with E-state index < -0.39 is 0 Å². The molecule has 0 aliphatic carbocycles. The van der Waals surface area contributed by atoms with Gasteiger partial charge in [0.15, 0.2) is 5.78 Å². The monoisotopic (exact) mass is 369 g/mol. The minimum atomic E-state index is -0.271. The van der Waals surface area contributed by atoms with Gasteiger partial charge in [0, 0.05) is 11.3 Å². The summed E-state index contributed by atoms with van der Waals surface area (Å²) in [5.41, 5.74) is 6.88. The molecular formula is C15H13BrClNO3. The van der Waals surface area contributed by atoms with Crippen molar-refractivity contribution in [1.82, 2.24) is 0 Å². The fourth-order valence-electron chi connectivity index (χ4n) is 1.94. The summed E-state index contributed by atoms with van der Waals surface area (Å²) in [6.07, 6.45) is 0. The van der Waals surface area contributed by atoms with Gasteiger partial charge in [0.25, 0.3) is 0 Å². The lowest BCUT2D eigenvalue weighted by Gasteiger charge is -2.13. The summed E-state index contributed by atoms with van der Waals surface area (Å²) in [4.78, 5) is 12.7. The van der Waals surface area contributed by atoms with Gasteiger partial charge >= 0.3 is 0 Å². The van der Waals surface area contributed by atoms with E-state index in [1.807, 2.05) is 0 Å². The fourth-order valence-corrected chi connectivity index (χ4v) is 2.81. The average molecular weight is 371 g/mol. The summed E-state index contributed by atoms with van der Waals surface area (Å²) >= 11 is 9.45. The first-order chi connectivity index (χ1) is 9.99. The third kappa shape index (κ3) is 2.99. The van der Waals surface area contributed by atoms with Crippen LogP contribution in [0.1, 0.15) is 15.9 Å². The fraction of sp³-hybridized carbons (Fsp3) is 0.133. The highest BCUT2D eigenvalue weighted by molar-refractivity contribution is 9.10. The molecule has 2 aromatic carbocycles. The Kier molecular flexibility index (Phi) is 4.75. The maximum absolute atomic E-state index is 12.7. The third-order valence-electron chi connectivity index (χ3n) is 2.97. The van der Waals surface area contributed by atoms with Crippen LogP contribution in [0.3, 0.4) is 0 Å². The first-order valence-electron chi connectivity index (χ1n) is 5.99. The van der Waals surface area contributed by atoms with Crippen molar-refractivity contribution in [3.63, 3.8) is 0 Å². The molecule has 0 amide bonds. The van der Waals surface area contributed by atoms with E-state index in [0.717, 1.165) is 0 Å². The second-order valence-electron chi connectivity index (χ2n) is 4.23. The highest BCUT2D eigenvalue weighted by Gasteiger charge is 2.21. The van der Waals surface area contributed by atoms with E-state index >= 15 is 0 Å². The largest absolute Gasteiger partial charge is 0.495 e. The summed E-state index contributed by atoms with van der Waals surface area (Å²) in [7, 11) is 3.02. The number of ketones is 1. The van der Waals surface area contributed by atoms with Crippen LogP contribution in [0, 0.1) is 0 Å². The highest BCUT2D eigenvalue weighted by Crippen LogP contribution is 2.38. The van der Waals surface area contributed by atoms with Gasteiger partial charge in [-0.2, -0.15) is 0 Å². The van der Waals surface area contributed by atoms with Gasteiger partial charge in [-0.05, 0) is 46.3 Å². The van der Waals surface area contributed by atoms with Crippen LogP contribution in [0.25, 0.3) is 0 Å². The molecule has 0 aliphatic rings. The van der Waals surface area contributed by atoms with E-state index in [1.54, 1.807) is 30.3 Å². The summed E-state index contributed by atoms with van der Waals surface area (Å²) < 4.78 is 11.1. The van der Waals surface area contributed by atoms with Crippen molar-refractivity contribution in [2.45, 2.75) is 0 Å². The molecule has 21 heavy (non-hydrogen) atoms. The maximum atomic E-state index is 12.7. The van der Waals surface area contributed by atoms with Gasteiger partial charge in [-0.15, -0.1) is 0 Å². The lowest BCUT2D eigenvalue weighted by Crippen LogP contribution is -2.06. The molecule has 2 rings (SSSR count). The van der Waals surface area contributed by atoms with E-state index in [9.17, 15) is 4.79 Å². The predicted octanol–water partition coefficient (Wildman–Crippen LogP) is 3.93. The van der Waals surface area contributed by atoms with E-state index in [-0.39, 0.29) is 5.78 Å². The molecule has 0 bridgehead atoms. The van der Waals surface area contributed by atoms with Gasteiger partial charge < -0.3 is 15.2 Å². The van der Waals surface area contributed by atoms with Gasteiger partial charge in [-0.1, -0.05) is 11.6 Å². The second-order valence-corrected chi connectivity index (χ2v) is 5.43. The van der Waals surface area contributed by atoms with E-state index in [1.165, 1.54) is 14.2 Å². The summed E-state index contributed by atoms with van der Waals surface area (Å²) in [5.74, 6) is 0.687. The minimum Gasteiger partial charge on any atom is -0.495 e. The smallest absolute Gasteiger partial charge is 0.198 e. The quantitative estimate of drug-likeness (QED) is 0.654. The standard InChI is InChI=1S/C15H13BrClNO3/c1-20-12-6-4-9(15(21-2)13(12)16)14(19)10-7-8(18)3-5-11(10)17/h3-7H,18H2,1-2H3. The zero-order valence-corrected chi connectivity index (χ0v) is 13.8. The Hall–Kier alpha value is -1.72. The zero-order valence-electron chi connectivity index (χ0n) is 11.4. The normalized spacial score (nSPS) is 10.3. The van der Waals surface area contributed by atoms with Gasteiger partial charge in [0.1, 0.15) is 16.0 Å². The Balaban J connectivity index is 2.58. The topological polar surface area (TPSA) is 61.5 Å². The van der Waals surface area contributed by atoms with Crippen LogP contribution in [-0.4, -0.2) is 20.0 Å². The first-order valence-corrected chi connectivity index (χ1v) is 7.17. The Morgan fingerprint density at radius 3 is 2.48 bits per heavy atom. The molecule has 0 spiro atoms. The Bertz CT molecular complexity index is 704. The molecule has 0 saturated carbocycles. The number of nitrogen functional groups attached to an aromatic ring is 1. The highest BCUT2D eigenvalue weighted by atomic mass is 79.9. The van der Waals surface area contributed by atoms with Gasteiger partial charge in [0.2, 0.25) is 0 Å². The molecule has 0 fully saturated rings. The molecule has 0 atom stereocenters. The SMILES string of the molecule is COc1ccc(C(=O)c2cc(N)ccc2Cl)c(OC)c1Br. The number of hydrogen-bond donors (Lipinski definition) is 1. The molecule has 0 heterocycles. The number of hydrogen-bond acceptors (Lipinski definition) is 4. The summed E-state index contributed by atoms with van der Waals surface area (Å²) in [5, 5.41) is 0.336. The third-order valence-corrected chi connectivity index (χ3v) is 4.05. The number of carbonyl (C=O) groups is 1. The first kappa shape index (κ1) is 15.7. The van der Waals surface area contributed by atoms with Crippen LogP contribution in [0.15, 0.2) is 34.8 Å². The molecule has 110 valence electrons. The van der Waals surface area contributed by atoms with Crippen molar-refractivity contribution >= 4 is 39.0 Å². The van der Waals surface area contributed by atoms with Crippen molar-refractivity contribution < 1.29 is 14.3 Å². The van der Waals surface area contributed by atoms with Crippen LogP contribution in [0.5, 0.6) is 11.5 Å². The van der Waals surface area contributed by atoms with Crippen LogP contribution < -0.4 is 15.2 Å². The molecule has 0 unspecified atom stereocenters. The lowest BCUT2D eigenvalue weighted by atomic mass is 10.0. The second kappa shape index (κ2) is 6.37. The molecule has 0 saturated heterocycles. The van der Waals surface area contributed by atoms with Crippen molar-refractivity contribution in [3.8, 4) is 11.5 Å². The van der Waals surface area contributed by atoms with Crippen LogP contribution in [-0.2, 0) is 0 Å². The number of benzene rings is 2. The predicted molar refractivity (Wildman–Crippen MR) is 86.5 cm³/mol.